The Bertz CT molecular complexity index is 747. The first kappa shape index (κ1) is 13.7. The highest BCUT2D eigenvalue weighted by atomic mass is 32.1. The Morgan fingerprint density at radius 3 is 2.86 bits per heavy atom. The van der Waals surface area contributed by atoms with Crippen molar-refractivity contribution in [3.63, 3.8) is 0 Å². The van der Waals surface area contributed by atoms with Crippen molar-refractivity contribution in [1.82, 2.24) is 29.2 Å². The minimum Gasteiger partial charge on any atom is -0.361 e. The van der Waals surface area contributed by atoms with E-state index in [9.17, 15) is 0 Å². The van der Waals surface area contributed by atoms with Crippen molar-refractivity contribution in [3.05, 3.63) is 23.8 Å². The molecule has 21 heavy (non-hydrogen) atoms. The number of nitrogens with zero attached hydrogens (tertiary/aromatic N) is 7. The summed E-state index contributed by atoms with van der Waals surface area (Å²) in [7, 11) is 3.90. The van der Waals surface area contributed by atoms with Crippen molar-refractivity contribution in [2.45, 2.75) is 19.9 Å². The second-order valence-corrected chi connectivity index (χ2v) is 5.45. The van der Waals surface area contributed by atoms with Crippen molar-refractivity contribution in [2.24, 2.45) is 0 Å². The standard InChI is InChI=1S/C12H16N8S/c1-4-8-14-12(21-18-8)13-7-11-16-15-9-5-6-10(19(2)3)17-20(9)11/h5-6H,4,7H2,1-3H3,(H,13,14,18). The maximum absolute atomic E-state index is 4.51. The summed E-state index contributed by atoms with van der Waals surface area (Å²) in [5, 5.41) is 16.8. The van der Waals surface area contributed by atoms with Gasteiger partial charge in [-0.1, -0.05) is 6.92 Å². The first-order valence-corrected chi connectivity index (χ1v) is 7.40. The summed E-state index contributed by atoms with van der Waals surface area (Å²) in [5.41, 5.74) is 0.726. The molecule has 3 aromatic heterocycles. The van der Waals surface area contributed by atoms with E-state index in [1.54, 1.807) is 4.52 Å². The van der Waals surface area contributed by atoms with E-state index in [0.717, 1.165) is 34.7 Å². The summed E-state index contributed by atoms with van der Waals surface area (Å²) in [5.74, 6) is 2.44. The van der Waals surface area contributed by atoms with Crippen LogP contribution in [0.3, 0.4) is 0 Å². The third-order valence-corrected chi connectivity index (χ3v) is 3.66. The summed E-state index contributed by atoms with van der Waals surface area (Å²) in [6.45, 7) is 2.54. The van der Waals surface area contributed by atoms with Crippen molar-refractivity contribution in [2.75, 3.05) is 24.3 Å². The molecular weight excluding hydrogens is 288 g/mol. The zero-order valence-corrected chi connectivity index (χ0v) is 12.9. The molecule has 3 aromatic rings. The van der Waals surface area contributed by atoms with Crippen molar-refractivity contribution in [3.8, 4) is 0 Å². The average molecular weight is 304 g/mol. The van der Waals surface area contributed by atoms with Crippen molar-refractivity contribution in [1.29, 1.82) is 0 Å². The number of aryl methyl sites for hydroxylation is 1. The van der Waals surface area contributed by atoms with Crippen LogP contribution in [0.5, 0.6) is 0 Å². The molecule has 3 heterocycles. The Hall–Kier alpha value is -2.29. The fourth-order valence-electron chi connectivity index (χ4n) is 1.80. The van der Waals surface area contributed by atoms with Gasteiger partial charge in [-0.3, -0.25) is 0 Å². The first-order valence-electron chi connectivity index (χ1n) is 6.62. The zero-order chi connectivity index (χ0) is 14.8. The van der Waals surface area contributed by atoms with Gasteiger partial charge >= 0.3 is 0 Å². The SMILES string of the molecule is CCc1nsc(NCc2nnc3ccc(N(C)C)nn23)n1. The highest BCUT2D eigenvalue weighted by Gasteiger charge is 2.09. The highest BCUT2D eigenvalue weighted by molar-refractivity contribution is 7.09. The van der Waals surface area contributed by atoms with Gasteiger partial charge in [0.1, 0.15) is 11.6 Å². The third-order valence-electron chi connectivity index (χ3n) is 2.95. The summed E-state index contributed by atoms with van der Waals surface area (Å²) < 4.78 is 5.98. The predicted octanol–water partition coefficient (Wildman–Crippen LogP) is 1.22. The molecule has 0 radical (unpaired) electrons. The van der Waals surface area contributed by atoms with Gasteiger partial charge in [-0.15, -0.1) is 15.3 Å². The summed E-state index contributed by atoms with van der Waals surface area (Å²) in [4.78, 5) is 6.30. The lowest BCUT2D eigenvalue weighted by Crippen LogP contribution is -2.13. The number of aromatic nitrogens is 6. The molecule has 8 nitrogen and oxygen atoms in total. The first-order chi connectivity index (χ1) is 10.2. The molecule has 1 N–H and O–H groups in total. The van der Waals surface area contributed by atoms with Crippen molar-refractivity contribution >= 4 is 28.1 Å². The number of rotatable bonds is 5. The quantitative estimate of drug-likeness (QED) is 0.758. The van der Waals surface area contributed by atoms with Gasteiger partial charge in [0.25, 0.3) is 0 Å². The zero-order valence-electron chi connectivity index (χ0n) is 12.1. The second kappa shape index (κ2) is 5.60. The molecule has 0 unspecified atom stereocenters. The Labute approximate surface area is 126 Å². The molecule has 0 saturated carbocycles. The summed E-state index contributed by atoms with van der Waals surface area (Å²) >= 11 is 1.35. The Morgan fingerprint density at radius 2 is 2.14 bits per heavy atom. The molecule has 0 amide bonds. The van der Waals surface area contributed by atoms with E-state index in [4.69, 9.17) is 0 Å². The summed E-state index contributed by atoms with van der Waals surface area (Å²) in [6, 6.07) is 3.82. The molecule has 3 rings (SSSR count). The number of hydrogen-bond donors (Lipinski definition) is 1. The average Bonchev–Trinajstić information content (AvgIpc) is 3.11. The molecular formula is C12H16N8S. The summed E-state index contributed by atoms with van der Waals surface area (Å²) in [6.07, 6.45) is 0.833. The van der Waals surface area contributed by atoms with Gasteiger partial charge in [-0.25, -0.2) is 4.98 Å². The molecule has 9 heteroatoms. The Morgan fingerprint density at radius 1 is 1.29 bits per heavy atom. The minimum absolute atomic E-state index is 0.503. The van der Waals surface area contributed by atoms with Crippen LogP contribution in [0.4, 0.5) is 10.9 Å². The lowest BCUT2D eigenvalue weighted by atomic mass is 10.5. The van der Waals surface area contributed by atoms with E-state index in [1.165, 1.54) is 11.5 Å². The molecule has 0 spiro atoms. The predicted molar refractivity (Wildman–Crippen MR) is 81.7 cm³/mol. The number of hydrogen-bond acceptors (Lipinski definition) is 8. The number of nitrogens with one attached hydrogen (secondary N) is 1. The Balaban J connectivity index is 1.81. The van der Waals surface area contributed by atoms with Crippen LogP contribution in [0.2, 0.25) is 0 Å². The van der Waals surface area contributed by atoms with Crippen LogP contribution in [-0.2, 0) is 13.0 Å². The molecule has 110 valence electrons. The van der Waals surface area contributed by atoms with E-state index >= 15 is 0 Å². The van der Waals surface area contributed by atoms with Crippen molar-refractivity contribution < 1.29 is 0 Å². The van der Waals surface area contributed by atoms with Crippen LogP contribution in [-0.4, -0.2) is 43.3 Å². The molecule has 0 atom stereocenters. The normalized spacial score (nSPS) is 11.0. The molecule has 0 aliphatic rings. The van der Waals surface area contributed by atoms with E-state index in [1.807, 2.05) is 38.1 Å². The largest absolute Gasteiger partial charge is 0.361 e. The monoisotopic (exact) mass is 304 g/mol. The smallest absolute Gasteiger partial charge is 0.202 e. The van der Waals surface area contributed by atoms with E-state index in [0.29, 0.717) is 6.54 Å². The molecule has 0 bridgehead atoms. The lowest BCUT2D eigenvalue weighted by Gasteiger charge is -2.10. The van der Waals surface area contributed by atoms with E-state index < -0.39 is 0 Å². The maximum atomic E-state index is 4.51. The van der Waals surface area contributed by atoms with Gasteiger partial charge in [0.15, 0.2) is 11.5 Å². The van der Waals surface area contributed by atoms with Crippen LogP contribution in [0.1, 0.15) is 18.6 Å². The number of anilines is 2. The molecule has 0 saturated heterocycles. The highest BCUT2D eigenvalue weighted by Crippen LogP contribution is 2.13. The number of fused-ring (bicyclic) bond motifs is 1. The van der Waals surface area contributed by atoms with Crippen LogP contribution >= 0.6 is 11.5 Å². The van der Waals surface area contributed by atoms with Gasteiger partial charge in [0.05, 0.1) is 6.54 Å². The van der Waals surface area contributed by atoms with Gasteiger partial charge < -0.3 is 10.2 Å². The molecule has 0 aliphatic carbocycles. The topological polar surface area (TPSA) is 84.1 Å². The molecule has 0 aromatic carbocycles. The lowest BCUT2D eigenvalue weighted by molar-refractivity contribution is 0.817. The van der Waals surface area contributed by atoms with Gasteiger partial charge in [0, 0.05) is 32.0 Å². The molecule has 0 fully saturated rings. The van der Waals surface area contributed by atoms with Crippen LogP contribution < -0.4 is 10.2 Å². The van der Waals surface area contributed by atoms with E-state index in [-0.39, 0.29) is 0 Å². The van der Waals surface area contributed by atoms with Gasteiger partial charge in [-0.2, -0.15) is 8.89 Å². The maximum Gasteiger partial charge on any atom is 0.202 e. The minimum atomic E-state index is 0.503. The van der Waals surface area contributed by atoms with E-state index in [2.05, 4.69) is 30.0 Å². The van der Waals surface area contributed by atoms with Crippen LogP contribution in [0.25, 0.3) is 5.65 Å². The van der Waals surface area contributed by atoms with Crippen LogP contribution in [0, 0.1) is 0 Å². The third kappa shape index (κ3) is 2.77. The second-order valence-electron chi connectivity index (χ2n) is 4.70. The Kier molecular flexibility index (Phi) is 3.65. The molecule has 0 aliphatic heterocycles. The van der Waals surface area contributed by atoms with Gasteiger partial charge in [0.2, 0.25) is 5.13 Å². The van der Waals surface area contributed by atoms with Crippen LogP contribution in [0.15, 0.2) is 12.1 Å². The van der Waals surface area contributed by atoms with Gasteiger partial charge in [-0.05, 0) is 12.1 Å². The fraction of sp³-hybridized carbons (Fsp3) is 0.417. The fourth-order valence-corrected chi connectivity index (χ4v) is 2.44.